The molecule has 1 aliphatic heterocycles. The maximum Gasteiger partial charge on any atom is 0.262 e. The maximum atomic E-state index is 12.4. The first-order chi connectivity index (χ1) is 13.2. The summed E-state index contributed by atoms with van der Waals surface area (Å²) < 4.78 is 1.93. The van der Waals surface area contributed by atoms with Gasteiger partial charge < -0.3 is 10.2 Å². The summed E-state index contributed by atoms with van der Waals surface area (Å²) >= 11 is 0. The molecule has 1 N–H and O–H groups in total. The fraction of sp³-hybridized carbons (Fsp3) is 0.381. The van der Waals surface area contributed by atoms with Crippen molar-refractivity contribution in [2.24, 2.45) is 0 Å². The van der Waals surface area contributed by atoms with Gasteiger partial charge in [0.15, 0.2) is 0 Å². The standard InChI is InChI=1S/C21H23N5O/c1-15-19(13-16(14-22)20(27)23-17-9-10-17)21(25-11-5-6-12-25)26(24-15)18-7-3-2-4-8-18/h2-4,7-8,13,17H,5-6,9-12H2,1H3,(H,23,27)/b16-13+. The van der Waals surface area contributed by atoms with Gasteiger partial charge in [0.25, 0.3) is 5.91 Å². The SMILES string of the molecule is Cc1nn(-c2ccccc2)c(N2CCCC2)c1/C=C(\C#N)C(=O)NC1CC1. The van der Waals surface area contributed by atoms with E-state index in [1.54, 1.807) is 6.08 Å². The van der Waals surface area contributed by atoms with Gasteiger partial charge in [-0.15, -0.1) is 0 Å². The van der Waals surface area contributed by atoms with Gasteiger partial charge in [-0.05, 0) is 50.8 Å². The molecule has 0 unspecified atom stereocenters. The van der Waals surface area contributed by atoms with Crippen molar-refractivity contribution >= 4 is 17.8 Å². The number of carbonyl (C=O) groups excluding carboxylic acids is 1. The van der Waals surface area contributed by atoms with Crippen molar-refractivity contribution in [2.45, 2.75) is 38.6 Å². The third-order valence-corrected chi connectivity index (χ3v) is 5.05. The number of aryl methyl sites for hydroxylation is 1. The summed E-state index contributed by atoms with van der Waals surface area (Å²) in [4.78, 5) is 14.7. The number of para-hydroxylation sites is 1. The van der Waals surface area contributed by atoms with Crippen LogP contribution in [0.2, 0.25) is 0 Å². The predicted molar refractivity (Wildman–Crippen MR) is 105 cm³/mol. The average molecular weight is 361 g/mol. The predicted octanol–water partition coefficient (Wildman–Crippen LogP) is 2.97. The molecular weight excluding hydrogens is 338 g/mol. The molecule has 1 amide bonds. The molecule has 0 radical (unpaired) electrons. The van der Waals surface area contributed by atoms with Gasteiger partial charge in [-0.3, -0.25) is 4.79 Å². The minimum Gasteiger partial charge on any atom is -0.356 e. The van der Waals surface area contributed by atoms with Crippen molar-refractivity contribution in [1.82, 2.24) is 15.1 Å². The first kappa shape index (κ1) is 17.3. The Bertz CT molecular complexity index is 912. The van der Waals surface area contributed by atoms with Crippen LogP contribution in [0.5, 0.6) is 0 Å². The minimum atomic E-state index is -0.292. The molecular formula is C21H23N5O. The Morgan fingerprint density at radius 2 is 1.96 bits per heavy atom. The van der Waals surface area contributed by atoms with E-state index < -0.39 is 0 Å². The zero-order valence-corrected chi connectivity index (χ0v) is 15.5. The fourth-order valence-electron chi connectivity index (χ4n) is 3.46. The molecule has 1 saturated heterocycles. The molecule has 4 rings (SSSR count). The summed E-state index contributed by atoms with van der Waals surface area (Å²) in [6.07, 6.45) is 5.96. The molecule has 138 valence electrons. The molecule has 1 aromatic heterocycles. The number of nitrogens with zero attached hydrogens (tertiary/aromatic N) is 4. The molecule has 27 heavy (non-hydrogen) atoms. The highest BCUT2D eigenvalue weighted by atomic mass is 16.1. The Morgan fingerprint density at radius 1 is 1.26 bits per heavy atom. The monoisotopic (exact) mass is 361 g/mol. The summed E-state index contributed by atoms with van der Waals surface area (Å²) in [6.45, 7) is 3.84. The lowest BCUT2D eigenvalue weighted by Gasteiger charge is -2.20. The number of hydrogen-bond donors (Lipinski definition) is 1. The van der Waals surface area contributed by atoms with E-state index in [0.717, 1.165) is 61.5 Å². The Hall–Kier alpha value is -3.07. The molecule has 1 aliphatic carbocycles. The van der Waals surface area contributed by atoms with Crippen molar-refractivity contribution in [3.05, 3.63) is 47.2 Å². The van der Waals surface area contributed by atoms with Crippen LogP contribution in [-0.4, -0.2) is 34.8 Å². The zero-order chi connectivity index (χ0) is 18.8. The molecule has 2 heterocycles. The van der Waals surface area contributed by atoms with Crippen LogP contribution in [0.4, 0.5) is 5.82 Å². The largest absolute Gasteiger partial charge is 0.356 e. The van der Waals surface area contributed by atoms with E-state index in [9.17, 15) is 10.1 Å². The maximum absolute atomic E-state index is 12.4. The van der Waals surface area contributed by atoms with E-state index >= 15 is 0 Å². The van der Waals surface area contributed by atoms with E-state index in [-0.39, 0.29) is 17.5 Å². The number of aromatic nitrogens is 2. The number of benzene rings is 1. The smallest absolute Gasteiger partial charge is 0.262 e. The molecule has 2 aromatic rings. The topological polar surface area (TPSA) is 74.0 Å². The van der Waals surface area contributed by atoms with Gasteiger partial charge in [0.2, 0.25) is 0 Å². The quantitative estimate of drug-likeness (QED) is 0.656. The summed E-state index contributed by atoms with van der Waals surface area (Å²) in [5.41, 5.74) is 2.78. The normalized spacial score (nSPS) is 17.0. The van der Waals surface area contributed by atoms with Crippen LogP contribution in [-0.2, 0) is 4.79 Å². The van der Waals surface area contributed by atoms with Crippen molar-refractivity contribution in [2.75, 3.05) is 18.0 Å². The third kappa shape index (κ3) is 3.59. The summed E-state index contributed by atoms with van der Waals surface area (Å²) in [5, 5.41) is 17.2. The second kappa shape index (κ2) is 7.28. The van der Waals surface area contributed by atoms with Crippen LogP contribution in [0, 0.1) is 18.3 Å². The van der Waals surface area contributed by atoms with Crippen LogP contribution < -0.4 is 10.2 Å². The Balaban J connectivity index is 1.79. The number of rotatable bonds is 5. The second-order valence-electron chi connectivity index (χ2n) is 7.18. The highest BCUT2D eigenvalue weighted by molar-refractivity contribution is 6.02. The van der Waals surface area contributed by atoms with Gasteiger partial charge >= 0.3 is 0 Å². The van der Waals surface area contributed by atoms with E-state index in [2.05, 4.69) is 16.3 Å². The molecule has 1 saturated carbocycles. The first-order valence-corrected chi connectivity index (χ1v) is 9.50. The van der Waals surface area contributed by atoms with Crippen molar-refractivity contribution in [3.63, 3.8) is 0 Å². The Kier molecular flexibility index (Phi) is 4.68. The van der Waals surface area contributed by atoms with Crippen molar-refractivity contribution in [1.29, 1.82) is 5.26 Å². The van der Waals surface area contributed by atoms with Gasteiger partial charge in [0.05, 0.1) is 11.4 Å². The second-order valence-corrected chi connectivity index (χ2v) is 7.18. The average Bonchev–Trinajstić information content (AvgIpc) is 3.21. The number of amides is 1. The number of carbonyl (C=O) groups is 1. The van der Waals surface area contributed by atoms with Crippen molar-refractivity contribution < 1.29 is 4.79 Å². The van der Waals surface area contributed by atoms with Crippen LogP contribution in [0.3, 0.4) is 0 Å². The van der Waals surface area contributed by atoms with Crippen molar-refractivity contribution in [3.8, 4) is 11.8 Å². The van der Waals surface area contributed by atoms with Crippen LogP contribution >= 0.6 is 0 Å². The van der Waals surface area contributed by atoms with Gasteiger partial charge in [0, 0.05) is 24.7 Å². The molecule has 0 spiro atoms. The molecule has 1 aromatic carbocycles. The molecule has 6 heteroatoms. The lowest BCUT2D eigenvalue weighted by atomic mass is 10.1. The number of hydrogen-bond acceptors (Lipinski definition) is 4. The molecule has 0 bridgehead atoms. The van der Waals surface area contributed by atoms with Gasteiger partial charge in [-0.1, -0.05) is 18.2 Å². The summed E-state index contributed by atoms with van der Waals surface area (Å²) in [6, 6.07) is 12.3. The highest BCUT2D eigenvalue weighted by Gasteiger charge is 2.27. The number of anilines is 1. The molecule has 2 fully saturated rings. The van der Waals surface area contributed by atoms with E-state index in [0.29, 0.717) is 0 Å². The van der Waals surface area contributed by atoms with Gasteiger partial charge in [-0.2, -0.15) is 10.4 Å². The van der Waals surface area contributed by atoms with Gasteiger partial charge in [-0.25, -0.2) is 4.68 Å². The lowest BCUT2D eigenvalue weighted by Crippen LogP contribution is -2.26. The fourth-order valence-corrected chi connectivity index (χ4v) is 3.46. The zero-order valence-electron chi connectivity index (χ0n) is 15.5. The van der Waals surface area contributed by atoms with Crippen LogP contribution in [0.25, 0.3) is 11.8 Å². The van der Waals surface area contributed by atoms with Crippen LogP contribution in [0.1, 0.15) is 36.9 Å². The number of nitrogens with one attached hydrogen (secondary N) is 1. The van der Waals surface area contributed by atoms with E-state index in [1.165, 1.54) is 0 Å². The molecule has 6 nitrogen and oxygen atoms in total. The third-order valence-electron chi connectivity index (χ3n) is 5.05. The summed E-state index contributed by atoms with van der Waals surface area (Å²) in [7, 11) is 0. The van der Waals surface area contributed by atoms with E-state index in [1.807, 2.05) is 41.9 Å². The first-order valence-electron chi connectivity index (χ1n) is 9.50. The molecule has 2 aliphatic rings. The Labute approximate surface area is 159 Å². The lowest BCUT2D eigenvalue weighted by molar-refractivity contribution is -0.117. The molecule has 0 atom stereocenters. The summed E-state index contributed by atoms with van der Waals surface area (Å²) in [5.74, 6) is 0.669. The highest BCUT2D eigenvalue weighted by Crippen LogP contribution is 2.32. The van der Waals surface area contributed by atoms with Crippen LogP contribution in [0.15, 0.2) is 35.9 Å². The minimum absolute atomic E-state index is 0.137. The Morgan fingerprint density at radius 3 is 2.59 bits per heavy atom. The number of nitriles is 1. The van der Waals surface area contributed by atoms with E-state index in [4.69, 9.17) is 5.10 Å². The van der Waals surface area contributed by atoms with Gasteiger partial charge in [0.1, 0.15) is 17.5 Å².